The molecule has 0 atom stereocenters. The highest BCUT2D eigenvalue weighted by Crippen LogP contribution is 2.61. The Labute approximate surface area is 137 Å². The normalized spacial score (nSPS) is 34.9. The molecule has 0 amide bonds. The smallest absolute Gasteiger partial charge is 0.154 e. The quantitative estimate of drug-likeness (QED) is 0.838. The standard InChI is InChI=1S/C18H27N3O2/c22-3-1-2-16-11-21(20-19-16)12-17(23)10-18-7-13-4-14(8-18)6-15(5-13)9-18/h11,13-15,22H,1-10,12H2. The van der Waals surface area contributed by atoms with Gasteiger partial charge in [-0.3, -0.25) is 4.79 Å². The van der Waals surface area contributed by atoms with Crippen molar-refractivity contribution in [2.75, 3.05) is 6.61 Å². The van der Waals surface area contributed by atoms with Crippen LogP contribution >= 0.6 is 0 Å². The first-order valence-electron chi connectivity index (χ1n) is 9.16. The number of aliphatic hydroxyl groups is 1. The molecule has 0 aliphatic heterocycles. The second-order valence-corrected chi connectivity index (χ2v) is 8.37. The topological polar surface area (TPSA) is 68.0 Å². The highest BCUT2D eigenvalue weighted by Gasteiger charge is 2.51. The van der Waals surface area contributed by atoms with Crippen molar-refractivity contribution < 1.29 is 9.90 Å². The van der Waals surface area contributed by atoms with Gasteiger partial charge in [-0.25, -0.2) is 4.68 Å². The fraction of sp³-hybridized carbons (Fsp3) is 0.833. The van der Waals surface area contributed by atoms with Crippen molar-refractivity contribution in [3.05, 3.63) is 11.9 Å². The van der Waals surface area contributed by atoms with Crippen LogP contribution in [-0.2, 0) is 17.8 Å². The number of hydrogen-bond acceptors (Lipinski definition) is 4. The van der Waals surface area contributed by atoms with E-state index in [0.717, 1.165) is 36.3 Å². The molecule has 126 valence electrons. The average molecular weight is 317 g/mol. The van der Waals surface area contributed by atoms with E-state index in [2.05, 4.69) is 10.3 Å². The van der Waals surface area contributed by atoms with E-state index in [0.29, 0.717) is 24.2 Å². The minimum absolute atomic E-state index is 0.164. The molecule has 4 aliphatic rings. The van der Waals surface area contributed by atoms with E-state index in [9.17, 15) is 4.79 Å². The van der Waals surface area contributed by atoms with Gasteiger partial charge in [0.25, 0.3) is 0 Å². The number of Topliss-reactive ketones (excluding diaryl/α,β-unsaturated/α-hetero) is 1. The number of aromatic nitrogens is 3. The average Bonchev–Trinajstić information content (AvgIpc) is 2.90. The summed E-state index contributed by atoms with van der Waals surface area (Å²) in [5.41, 5.74) is 1.17. The summed E-state index contributed by atoms with van der Waals surface area (Å²) >= 11 is 0. The van der Waals surface area contributed by atoms with Gasteiger partial charge in [-0.1, -0.05) is 5.21 Å². The Bertz CT molecular complexity index is 545. The van der Waals surface area contributed by atoms with E-state index in [1.54, 1.807) is 4.68 Å². The van der Waals surface area contributed by atoms with Crippen LogP contribution in [0.5, 0.6) is 0 Å². The van der Waals surface area contributed by atoms with Crippen LogP contribution in [0.4, 0.5) is 0 Å². The highest BCUT2D eigenvalue weighted by molar-refractivity contribution is 5.78. The summed E-state index contributed by atoms with van der Waals surface area (Å²) in [5, 5.41) is 17.0. The Morgan fingerprint density at radius 3 is 2.48 bits per heavy atom. The first kappa shape index (κ1) is 15.3. The van der Waals surface area contributed by atoms with Crippen molar-refractivity contribution >= 4 is 5.78 Å². The zero-order valence-electron chi connectivity index (χ0n) is 13.8. The largest absolute Gasteiger partial charge is 0.396 e. The maximum atomic E-state index is 12.6. The number of hydrogen-bond donors (Lipinski definition) is 1. The van der Waals surface area contributed by atoms with Crippen LogP contribution in [0.1, 0.15) is 57.1 Å². The van der Waals surface area contributed by atoms with Crippen LogP contribution in [0.2, 0.25) is 0 Å². The lowest BCUT2D eigenvalue weighted by molar-refractivity contribution is -0.128. The molecule has 4 fully saturated rings. The van der Waals surface area contributed by atoms with Gasteiger partial charge in [-0.05, 0) is 74.5 Å². The minimum atomic E-state index is 0.164. The zero-order valence-corrected chi connectivity index (χ0v) is 13.8. The lowest BCUT2D eigenvalue weighted by Crippen LogP contribution is -2.47. The van der Waals surface area contributed by atoms with Crippen molar-refractivity contribution in [2.24, 2.45) is 23.2 Å². The van der Waals surface area contributed by atoms with Crippen LogP contribution in [-0.4, -0.2) is 32.5 Å². The van der Waals surface area contributed by atoms with Crippen LogP contribution < -0.4 is 0 Å². The van der Waals surface area contributed by atoms with Gasteiger partial charge in [0.15, 0.2) is 5.78 Å². The van der Waals surface area contributed by atoms with Crippen molar-refractivity contribution in [1.82, 2.24) is 15.0 Å². The molecule has 4 bridgehead atoms. The van der Waals surface area contributed by atoms with Crippen molar-refractivity contribution in [2.45, 2.75) is 64.3 Å². The number of rotatable bonds is 7. The zero-order chi connectivity index (χ0) is 15.9. The Balaban J connectivity index is 1.36. The summed E-state index contributed by atoms with van der Waals surface area (Å²) in [6.07, 6.45) is 12.1. The number of nitrogens with zero attached hydrogens (tertiary/aromatic N) is 3. The van der Waals surface area contributed by atoms with Crippen molar-refractivity contribution in [3.8, 4) is 0 Å². The fourth-order valence-corrected chi connectivity index (χ4v) is 5.95. The molecular weight excluding hydrogens is 290 g/mol. The number of aliphatic hydroxyl groups excluding tert-OH is 1. The number of carbonyl (C=O) groups is 1. The van der Waals surface area contributed by atoms with Gasteiger partial charge in [0.1, 0.15) is 6.54 Å². The molecule has 0 spiro atoms. The van der Waals surface area contributed by atoms with E-state index in [-0.39, 0.29) is 6.61 Å². The predicted molar refractivity (Wildman–Crippen MR) is 85.7 cm³/mol. The Hall–Kier alpha value is -1.23. The third-order valence-electron chi connectivity index (χ3n) is 6.25. The molecule has 1 N–H and O–H groups in total. The van der Waals surface area contributed by atoms with E-state index >= 15 is 0 Å². The predicted octanol–water partition coefficient (Wildman–Crippen LogP) is 2.38. The molecule has 5 nitrogen and oxygen atoms in total. The lowest BCUT2D eigenvalue weighted by Gasteiger charge is -2.56. The van der Waals surface area contributed by atoms with Gasteiger partial charge >= 0.3 is 0 Å². The molecule has 1 aromatic rings. The van der Waals surface area contributed by atoms with E-state index in [1.165, 1.54) is 38.5 Å². The van der Waals surface area contributed by atoms with Crippen molar-refractivity contribution in [3.63, 3.8) is 0 Å². The van der Waals surface area contributed by atoms with Gasteiger partial charge in [0.05, 0.1) is 5.69 Å². The van der Waals surface area contributed by atoms with Gasteiger partial charge in [0, 0.05) is 19.2 Å². The molecule has 0 unspecified atom stereocenters. The van der Waals surface area contributed by atoms with Gasteiger partial charge in [-0.2, -0.15) is 0 Å². The Morgan fingerprint density at radius 1 is 1.22 bits per heavy atom. The molecule has 1 heterocycles. The monoisotopic (exact) mass is 317 g/mol. The third-order valence-corrected chi connectivity index (χ3v) is 6.25. The number of ketones is 1. The summed E-state index contributed by atoms with van der Waals surface area (Å²) in [6, 6.07) is 0. The summed E-state index contributed by atoms with van der Waals surface area (Å²) in [7, 11) is 0. The van der Waals surface area contributed by atoms with Crippen LogP contribution in [0.25, 0.3) is 0 Å². The summed E-state index contributed by atoms with van der Waals surface area (Å²) in [4.78, 5) is 12.6. The van der Waals surface area contributed by atoms with Crippen LogP contribution in [0.15, 0.2) is 6.20 Å². The summed E-state index contributed by atoms with van der Waals surface area (Å²) < 4.78 is 1.68. The number of aryl methyl sites for hydroxylation is 1. The minimum Gasteiger partial charge on any atom is -0.396 e. The summed E-state index contributed by atoms with van der Waals surface area (Å²) in [5.74, 6) is 2.99. The van der Waals surface area contributed by atoms with E-state index < -0.39 is 0 Å². The first-order valence-corrected chi connectivity index (χ1v) is 9.16. The third kappa shape index (κ3) is 3.21. The molecule has 5 rings (SSSR count). The molecule has 4 aliphatic carbocycles. The maximum Gasteiger partial charge on any atom is 0.154 e. The first-order chi connectivity index (χ1) is 11.1. The molecule has 1 aromatic heterocycles. The van der Waals surface area contributed by atoms with Crippen LogP contribution in [0, 0.1) is 23.2 Å². The van der Waals surface area contributed by atoms with Gasteiger partial charge < -0.3 is 5.11 Å². The molecule has 23 heavy (non-hydrogen) atoms. The van der Waals surface area contributed by atoms with E-state index in [1.807, 2.05) is 6.20 Å². The molecule has 0 radical (unpaired) electrons. The molecule has 0 saturated heterocycles. The fourth-order valence-electron chi connectivity index (χ4n) is 5.95. The molecular formula is C18H27N3O2. The molecule has 4 saturated carbocycles. The van der Waals surface area contributed by atoms with Crippen molar-refractivity contribution in [1.29, 1.82) is 0 Å². The van der Waals surface area contributed by atoms with Crippen LogP contribution in [0.3, 0.4) is 0 Å². The SMILES string of the molecule is O=C(Cn1cc(CCCO)nn1)CC12CC3CC(CC(C3)C1)C2. The second-order valence-electron chi connectivity index (χ2n) is 8.37. The Kier molecular flexibility index (Phi) is 4.00. The van der Waals surface area contributed by atoms with E-state index in [4.69, 9.17) is 5.11 Å². The number of carbonyl (C=O) groups excluding carboxylic acids is 1. The maximum absolute atomic E-state index is 12.6. The molecule has 0 aromatic carbocycles. The van der Waals surface area contributed by atoms with Gasteiger partial charge in [0.2, 0.25) is 0 Å². The molecule has 5 heteroatoms. The lowest BCUT2D eigenvalue weighted by atomic mass is 9.48. The highest BCUT2D eigenvalue weighted by atomic mass is 16.2. The van der Waals surface area contributed by atoms with Gasteiger partial charge in [-0.15, -0.1) is 5.10 Å². The second kappa shape index (κ2) is 6.00. The summed E-state index contributed by atoms with van der Waals surface area (Å²) in [6.45, 7) is 0.520. The Morgan fingerprint density at radius 2 is 1.87 bits per heavy atom.